The van der Waals surface area contributed by atoms with Crippen LogP contribution in [0.4, 0.5) is 0 Å². The van der Waals surface area contributed by atoms with Gasteiger partial charge in [-0.25, -0.2) is 4.79 Å². The highest BCUT2D eigenvalue weighted by Gasteiger charge is 2.25. The van der Waals surface area contributed by atoms with Crippen LogP contribution in [0.5, 0.6) is 5.75 Å². The number of benzene rings is 2. The summed E-state index contributed by atoms with van der Waals surface area (Å²) in [6, 6.07) is 21.2. The number of hydrogen-bond acceptors (Lipinski definition) is 5. The molecule has 3 aromatic rings. The second kappa shape index (κ2) is 15.6. The maximum absolute atomic E-state index is 11.8. The van der Waals surface area contributed by atoms with Crippen molar-refractivity contribution in [1.29, 1.82) is 0 Å². The maximum atomic E-state index is 11.8. The van der Waals surface area contributed by atoms with E-state index >= 15 is 0 Å². The minimum absolute atomic E-state index is 0.0835. The third kappa shape index (κ3) is 8.31. The highest BCUT2D eigenvalue weighted by molar-refractivity contribution is 9.11. The zero-order valence-electron chi connectivity index (χ0n) is 23.9. The number of aryl methyl sites for hydroxylation is 1. The molecule has 1 aliphatic rings. The molecular formula is C34H41BrO4S. The molecule has 6 heteroatoms. The van der Waals surface area contributed by atoms with Crippen molar-refractivity contribution in [3.63, 3.8) is 0 Å². The van der Waals surface area contributed by atoms with Gasteiger partial charge in [-0.3, -0.25) is 0 Å². The third-order valence-electron chi connectivity index (χ3n) is 7.71. The monoisotopic (exact) mass is 624 g/mol. The summed E-state index contributed by atoms with van der Waals surface area (Å²) in [6.07, 6.45) is 10.2. The Labute approximate surface area is 251 Å². The largest absolute Gasteiger partial charge is 0.497 e. The van der Waals surface area contributed by atoms with Crippen LogP contribution in [0, 0.1) is 5.92 Å². The van der Waals surface area contributed by atoms with E-state index in [4.69, 9.17) is 14.2 Å². The molecule has 0 amide bonds. The number of esters is 1. The van der Waals surface area contributed by atoms with Gasteiger partial charge >= 0.3 is 5.97 Å². The van der Waals surface area contributed by atoms with Gasteiger partial charge in [-0.1, -0.05) is 78.5 Å². The number of allylic oxidation sites excluding steroid dienone is 2. The number of carbonyl (C=O) groups is 1. The Balaban J connectivity index is 1.38. The van der Waals surface area contributed by atoms with Crippen molar-refractivity contribution in [1.82, 2.24) is 0 Å². The summed E-state index contributed by atoms with van der Waals surface area (Å²) < 4.78 is 17.9. The molecule has 4 nitrogen and oxygen atoms in total. The summed E-state index contributed by atoms with van der Waals surface area (Å²) in [4.78, 5) is 13.7. The molecule has 0 fully saturated rings. The minimum atomic E-state index is -0.247. The van der Waals surface area contributed by atoms with E-state index in [2.05, 4.69) is 65.3 Å². The molecule has 1 aromatic heterocycles. The van der Waals surface area contributed by atoms with Crippen molar-refractivity contribution in [3.05, 3.63) is 91.6 Å². The van der Waals surface area contributed by atoms with Gasteiger partial charge in [0.1, 0.15) is 10.6 Å². The molecule has 214 valence electrons. The number of hydrogen-bond donors (Lipinski definition) is 0. The first-order valence-electron chi connectivity index (χ1n) is 14.4. The summed E-state index contributed by atoms with van der Waals surface area (Å²) in [5, 5.41) is 0. The van der Waals surface area contributed by atoms with Crippen LogP contribution in [0.1, 0.15) is 95.6 Å². The molecule has 0 saturated heterocycles. The lowest BCUT2D eigenvalue weighted by atomic mass is 9.89. The number of thiophene rings is 1. The average molecular weight is 626 g/mol. The lowest BCUT2D eigenvalue weighted by Gasteiger charge is -2.20. The van der Waals surface area contributed by atoms with Gasteiger partial charge < -0.3 is 14.2 Å². The Hall–Kier alpha value is -2.41. The van der Waals surface area contributed by atoms with Gasteiger partial charge in [0, 0.05) is 4.88 Å². The fraction of sp³-hybridized carbons (Fsp3) is 0.441. The zero-order valence-corrected chi connectivity index (χ0v) is 26.3. The van der Waals surface area contributed by atoms with Crippen LogP contribution in [0.15, 0.2) is 65.1 Å². The van der Waals surface area contributed by atoms with Crippen LogP contribution in [-0.4, -0.2) is 20.2 Å². The Morgan fingerprint density at radius 3 is 2.48 bits per heavy atom. The quantitative estimate of drug-likeness (QED) is 0.125. The van der Waals surface area contributed by atoms with Gasteiger partial charge in [0.15, 0.2) is 0 Å². The van der Waals surface area contributed by atoms with Gasteiger partial charge in [0.2, 0.25) is 0 Å². The number of carbonyl (C=O) groups excluding carboxylic acids is 1. The van der Waals surface area contributed by atoms with Gasteiger partial charge in [0.25, 0.3) is 0 Å². The molecule has 40 heavy (non-hydrogen) atoms. The molecule has 0 spiro atoms. The van der Waals surface area contributed by atoms with E-state index in [0.717, 1.165) is 49.8 Å². The SMILES string of the molecule is CCCCC[C@H](OCc1ccc(OC)cc1)c1ccc(C2=C(Br)CCC2CCCc2ccc(C(=O)OC)s2)cc1. The minimum Gasteiger partial charge on any atom is -0.497 e. The van der Waals surface area contributed by atoms with E-state index in [1.54, 1.807) is 18.4 Å². The van der Waals surface area contributed by atoms with E-state index in [9.17, 15) is 4.79 Å². The first kappa shape index (κ1) is 30.5. The second-order valence-electron chi connectivity index (χ2n) is 10.5. The first-order valence-corrected chi connectivity index (χ1v) is 16.0. The van der Waals surface area contributed by atoms with E-state index < -0.39 is 0 Å². The molecule has 2 atom stereocenters. The molecule has 0 radical (unpaired) electrons. The number of ether oxygens (including phenoxy) is 3. The fourth-order valence-corrected chi connectivity index (χ4v) is 7.20. The number of unbranched alkanes of at least 4 members (excludes halogenated alkanes) is 2. The summed E-state index contributed by atoms with van der Waals surface area (Å²) in [5.74, 6) is 1.17. The van der Waals surface area contributed by atoms with Crippen LogP contribution in [0.3, 0.4) is 0 Å². The molecule has 0 aliphatic heterocycles. The Morgan fingerprint density at radius 1 is 1.00 bits per heavy atom. The Bertz CT molecular complexity index is 1250. The highest BCUT2D eigenvalue weighted by Crippen LogP contribution is 2.44. The zero-order chi connectivity index (χ0) is 28.3. The topological polar surface area (TPSA) is 44.8 Å². The molecule has 1 unspecified atom stereocenters. The van der Waals surface area contributed by atoms with Crippen molar-refractivity contribution >= 4 is 38.8 Å². The van der Waals surface area contributed by atoms with Crippen LogP contribution >= 0.6 is 27.3 Å². The van der Waals surface area contributed by atoms with Crippen LogP contribution in [-0.2, 0) is 22.5 Å². The van der Waals surface area contributed by atoms with Gasteiger partial charge in [-0.15, -0.1) is 11.3 Å². The number of rotatable bonds is 15. The maximum Gasteiger partial charge on any atom is 0.348 e. The van der Waals surface area contributed by atoms with Gasteiger partial charge in [-0.2, -0.15) is 0 Å². The molecule has 1 aliphatic carbocycles. The smallest absolute Gasteiger partial charge is 0.348 e. The normalized spacial score (nSPS) is 15.8. The van der Waals surface area contributed by atoms with Crippen molar-refractivity contribution in [2.75, 3.05) is 14.2 Å². The van der Waals surface area contributed by atoms with Gasteiger partial charge in [0.05, 0.1) is 26.9 Å². The van der Waals surface area contributed by atoms with E-state index in [0.29, 0.717) is 17.4 Å². The lowest BCUT2D eigenvalue weighted by Crippen LogP contribution is -2.06. The van der Waals surface area contributed by atoms with Crippen molar-refractivity contribution in [2.45, 2.75) is 77.4 Å². The molecule has 0 N–H and O–H groups in total. The third-order valence-corrected chi connectivity index (χ3v) is 9.66. The van der Waals surface area contributed by atoms with Crippen LogP contribution in [0.2, 0.25) is 0 Å². The predicted molar refractivity (Wildman–Crippen MR) is 168 cm³/mol. The number of halogens is 1. The molecular weight excluding hydrogens is 584 g/mol. The van der Waals surface area contributed by atoms with Crippen LogP contribution in [0.25, 0.3) is 5.57 Å². The van der Waals surface area contributed by atoms with Crippen LogP contribution < -0.4 is 4.74 Å². The fourth-order valence-electron chi connectivity index (χ4n) is 5.45. The van der Waals surface area contributed by atoms with E-state index in [1.807, 2.05) is 18.2 Å². The molecule has 4 rings (SSSR count). The molecule has 1 heterocycles. The predicted octanol–water partition coefficient (Wildman–Crippen LogP) is 9.92. The molecule has 2 aromatic carbocycles. The molecule has 0 bridgehead atoms. The molecule has 0 saturated carbocycles. The first-order chi connectivity index (χ1) is 19.5. The summed E-state index contributed by atoms with van der Waals surface area (Å²) in [6.45, 7) is 2.83. The van der Waals surface area contributed by atoms with E-state index in [-0.39, 0.29) is 12.1 Å². The van der Waals surface area contributed by atoms with Gasteiger partial charge in [-0.05, 0) is 95.5 Å². The summed E-state index contributed by atoms with van der Waals surface area (Å²) in [7, 11) is 3.12. The second-order valence-corrected chi connectivity index (χ2v) is 12.6. The Morgan fingerprint density at radius 2 is 1.77 bits per heavy atom. The number of methoxy groups -OCH3 is 2. The highest BCUT2D eigenvalue weighted by atomic mass is 79.9. The van der Waals surface area contributed by atoms with Crippen molar-refractivity contribution in [3.8, 4) is 5.75 Å². The van der Waals surface area contributed by atoms with Crippen molar-refractivity contribution < 1.29 is 19.0 Å². The summed E-state index contributed by atoms with van der Waals surface area (Å²) in [5.41, 5.74) is 5.17. The van der Waals surface area contributed by atoms with E-state index in [1.165, 1.54) is 52.4 Å². The average Bonchev–Trinajstić information content (AvgIpc) is 3.61. The van der Waals surface area contributed by atoms with Crippen molar-refractivity contribution in [2.24, 2.45) is 5.92 Å². The standard InChI is InChI=1S/C34H41BrO4S/c1-4-5-6-10-31(39-23-24-11-18-28(37-2)19-12-24)25-13-15-27(16-14-25)33-26(17-21-30(33)35)8-7-9-29-20-22-32(40-29)34(36)38-3/h11-16,18-20,22,26,31H,4-10,17,21,23H2,1-3H3/t26?,31-/m0/s1. The summed E-state index contributed by atoms with van der Waals surface area (Å²) >= 11 is 5.44. The Kier molecular flexibility index (Phi) is 11.9. The lowest BCUT2D eigenvalue weighted by molar-refractivity contribution is 0.0322.